The molecule has 1 unspecified atom stereocenters. The molecule has 0 saturated heterocycles. The number of aromatic carboxylic acids is 1. The summed E-state index contributed by atoms with van der Waals surface area (Å²) in [5.41, 5.74) is 1.94. The summed E-state index contributed by atoms with van der Waals surface area (Å²) in [6.07, 6.45) is 1.37. The van der Waals surface area contributed by atoms with Crippen molar-refractivity contribution in [1.82, 2.24) is 8.87 Å². The highest BCUT2D eigenvalue weighted by molar-refractivity contribution is 7.89. The van der Waals surface area contributed by atoms with E-state index in [1.165, 1.54) is 28.2 Å². The van der Waals surface area contributed by atoms with Gasteiger partial charge in [0.05, 0.1) is 0 Å². The molecule has 1 aromatic carbocycles. The number of benzene rings is 1. The maximum atomic E-state index is 12.8. The second kappa shape index (κ2) is 6.78. The number of aromatic nitrogens is 1. The van der Waals surface area contributed by atoms with Crippen molar-refractivity contribution >= 4 is 16.0 Å². The van der Waals surface area contributed by atoms with Crippen LogP contribution in [0.1, 0.15) is 41.5 Å². The number of rotatable bonds is 6. The molecule has 1 heterocycles. The van der Waals surface area contributed by atoms with Crippen LogP contribution in [-0.2, 0) is 16.6 Å². The van der Waals surface area contributed by atoms with Crippen molar-refractivity contribution < 1.29 is 18.3 Å². The Bertz CT molecular complexity index is 838. The molecule has 0 amide bonds. The van der Waals surface area contributed by atoms with Crippen LogP contribution in [0.4, 0.5) is 0 Å². The van der Waals surface area contributed by atoms with Gasteiger partial charge in [0.2, 0.25) is 10.0 Å². The van der Waals surface area contributed by atoms with Crippen molar-refractivity contribution in [1.29, 1.82) is 0 Å². The van der Waals surface area contributed by atoms with Crippen LogP contribution < -0.4 is 0 Å². The molecule has 2 rings (SSSR count). The van der Waals surface area contributed by atoms with Gasteiger partial charge in [-0.25, -0.2) is 13.2 Å². The largest absolute Gasteiger partial charge is 0.477 e. The molecule has 0 fully saturated rings. The topological polar surface area (TPSA) is 79.6 Å². The molecule has 7 heteroatoms. The van der Waals surface area contributed by atoms with Crippen LogP contribution in [0, 0.1) is 6.92 Å². The van der Waals surface area contributed by atoms with E-state index in [9.17, 15) is 18.3 Å². The van der Waals surface area contributed by atoms with Gasteiger partial charge in [-0.05, 0) is 32.4 Å². The van der Waals surface area contributed by atoms with Gasteiger partial charge in [0.15, 0.2) is 0 Å². The molecule has 1 aromatic heterocycles. The summed E-state index contributed by atoms with van der Waals surface area (Å²) >= 11 is 0. The molecule has 0 aliphatic carbocycles. The number of hydrogen-bond acceptors (Lipinski definition) is 3. The first kappa shape index (κ1) is 18.2. The average molecular weight is 350 g/mol. The van der Waals surface area contributed by atoms with Crippen LogP contribution in [0.25, 0.3) is 0 Å². The van der Waals surface area contributed by atoms with Crippen LogP contribution in [0.3, 0.4) is 0 Å². The molecular weight excluding hydrogens is 328 g/mol. The molecule has 0 aliphatic rings. The summed E-state index contributed by atoms with van der Waals surface area (Å²) in [5, 5.41) is 9.20. The zero-order chi connectivity index (χ0) is 18.1. The van der Waals surface area contributed by atoms with Gasteiger partial charge in [-0.3, -0.25) is 0 Å². The van der Waals surface area contributed by atoms with E-state index in [1.54, 1.807) is 13.8 Å². The Kier molecular flexibility index (Phi) is 5.15. The molecule has 6 nitrogen and oxygen atoms in total. The predicted octanol–water partition coefficient (Wildman–Crippen LogP) is 2.90. The average Bonchev–Trinajstić information content (AvgIpc) is 2.99. The number of carboxylic acid groups (broad SMARTS) is 1. The number of carbonyl (C=O) groups is 1. The SMILES string of the molecule is CCn1cc(S(=O)(=O)N(C)C(C)c2ccc(C)cc2)cc1C(=O)O. The molecule has 2 aromatic rings. The molecule has 0 bridgehead atoms. The second-order valence-electron chi connectivity index (χ2n) is 5.76. The molecule has 24 heavy (non-hydrogen) atoms. The lowest BCUT2D eigenvalue weighted by atomic mass is 10.1. The highest BCUT2D eigenvalue weighted by Crippen LogP contribution is 2.27. The zero-order valence-corrected chi connectivity index (χ0v) is 15.0. The van der Waals surface area contributed by atoms with Crippen molar-refractivity contribution in [2.75, 3.05) is 7.05 Å². The van der Waals surface area contributed by atoms with Crippen molar-refractivity contribution in [2.45, 2.75) is 38.3 Å². The van der Waals surface area contributed by atoms with E-state index < -0.39 is 16.0 Å². The Labute approximate surface area is 142 Å². The first-order chi connectivity index (χ1) is 11.2. The Morgan fingerprint density at radius 1 is 1.29 bits per heavy atom. The van der Waals surface area contributed by atoms with Gasteiger partial charge in [0.1, 0.15) is 10.6 Å². The van der Waals surface area contributed by atoms with E-state index in [-0.39, 0.29) is 16.6 Å². The highest BCUT2D eigenvalue weighted by Gasteiger charge is 2.29. The fraction of sp³-hybridized carbons (Fsp3) is 0.353. The molecular formula is C17H22N2O4S. The summed E-state index contributed by atoms with van der Waals surface area (Å²) in [4.78, 5) is 11.2. The number of aryl methyl sites for hydroxylation is 2. The van der Waals surface area contributed by atoms with Crippen molar-refractivity contribution in [2.24, 2.45) is 0 Å². The molecule has 130 valence electrons. The minimum absolute atomic E-state index is 0.0109. The van der Waals surface area contributed by atoms with E-state index in [4.69, 9.17) is 0 Å². The summed E-state index contributed by atoms with van der Waals surface area (Å²) in [7, 11) is -2.29. The predicted molar refractivity (Wildman–Crippen MR) is 91.6 cm³/mol. The van der Waals surface area contributed by atoms with Crippen molar-refractivity contribution in [3.05, 3.63) is 53.3 Å². The normalized spacial score (nSPS) is 13.2. The van der Waals surface area contributed by atoms with Gasteiger partial charge in [-0.15, -0.1) is 0 Å². The fourth-order valence-electron chi connectivity index (χ4n) is 2.49. The third-order valence-corrected chi connectivity index (χ3v) is 6.11. The zero-order valence-electron chi connectivity index (χ0n) is 14.2. The van der Waals surface area contributed by atoms with Gasteiger partial charge >= 0.3 is 5.97 Å². The minimum atomic E-state index is -3.79. The molecule has 0 saturated carbocycles. The lowest BCUT2D eigenvalue weighted by Crippen LogP contribution is -2.29. The third kappa shape index (κ3) is 3.37. The Hall–Kier alpha value is -2.12. The van der Waals surface area contributed by atoms with Gasteiger partial charge in [0.25, 0.3) is 0 Å². The lowest BCUT2D eigenvalue weighted by Gasteiger charge is -2.24. The summed E-state index contributed by atoms with van der Waals surface area (Å²) in [5.74, 6) is -1.15. The van der Waals surface area contributed by atoms with E-state index in [0.29, 0.717) is 6.54 Å². The molecule has 1 atom stereocenters. The molecule has 0 radical (unpaired) electrons. The summed E-state index contributed by atoms with van der Waals surface area (Å²) in [6.45, 7) is 5.92. The summed E-state index contributed by atoms with van der Waals surface area (Å²) < 4.78 is 28.4. The number of carboxylic acids is 1. The van der Waals surface area contributed by atoms with Crippen molar-refractivity contribution in [3.63, 3.8) is 0 Å². The van der Waals surface area contributed by atoms with Crippen LogP contribution >= 0.6 is 0 Å². The molecule has 0 aliphatic heterocycles. The molecule has 1 N–H and O–H groups in total. The fourth-order valence-corrected chi connectivity index (χ4v) is 3.89. The van der Waals surface area contributed by atoms with Gasteiger partial charge < -0.3 is 9.67 Å². The molecule has 0 spiro atoms. The van der Waals surface area contributed by atoms with Crippen molar-refractivity contribution in [3.8, 4) is 0 Å². The Morgan fingerprint density at radius 3 is 2.33 bits per heavy atom. The number of nitrogens with zero attached hydrogens (tertiary/aromatic N) is 2. The van der Waals surface area contributed by atoms with Gasteiger partial charge in [-0.2, -0.15) is 4.31 Å². The van der Waals surface area contributed by atoms with E-state index >= 15 is 0 Å². The lowest BCUT2D eigenvalue weighted by molar-refractivity contribution is 0.0685. The Balaban J connectivity index is 2.38. The van der Waals surface area contributed by atoms with E-state index in [2.05, 4.69) is 0 Å². The van der Waals surface area contributed by atoms with E-state index in [1.807, 2.05) is 31.2 Å². The first-order valence-electron chi connectivity index (χ1n) is 7.66. The smallest absolute Gasteiger partial charge is 0.352 e. The van der Waals surface area contributed by atoms with Gasteiger partial charge in [-0.1, -0.05) is 29.8 Å². The standard InChI is InChI=1S/C17H22N2O4S/c1-5-19-11-15(10-16(19)17(20)21)24(22,23)18(4)13(3)14-8-6-12(2)7-9-14/h6-11,13H,5H2,1-4H3,(H,20,21). The van der Waals surface area contributed by atoms with Crippen LogP contribution in [-0.4, -0.2) is 35.4 Å². The highest BCUT2D eigenvalue weighted by atomic mass is 32.2. The van der Waals surface area contributed by atoms with E-state index in [0.717, 1.165) is 11.1 Å². The second-order valence-corrected chi connectivity index (χ2v) is 7.76. The van der Waals surface area contributed by atoms with Crippen LogP contribution in [0.15, 0.2) is 41.4 Å². The maximum absolute atomic E-state index is 12.8. The quantitative estimate of drug-likeness (QED) is 0.869. The first-order valence-corrected chi connectivity index (χ1v) is 9.10. The van der Waals surface area contributed by atoms with Crippen LogP contribution in [0.5, 0.6) is 0 Å². The monoisotopic (exact) mass is 350 g/mol. The number of sulfonamides is 1. The third-order valence-electron chi connectivity index (χ3n) is 4.21. The Morgan fingerprint density at radius 2 is 1.88 bits per heavy atom. The maximum Gasteiger partial charge on any atom is 0.352 e. The number of hydrogen-bond donors (Lipinski definition) is 1. The minimum Gasteiger partial charge on any atom is -0.477 e. The van der Waals surface area contributed by atoms with Crippen LogP contribution in [0.2, 0.25) is 0 Å². The van der Waals surface area contributed by atoms with Gasteiger partial charge in [0, 0.05) is 25.8 Å². The summed E-state index contributed by atoms with van der Waals surface area (Å²) in [6, 6.07) is 8.50.